The number of ketones is 1. The molecule has 2 nitrogen and oxygen atoms in total. The van der Waals surface area contributed by atoms with Crippen LogP contribution in [0.15, 0.2) is 0 Å². The van der Waals surface area contributed by atoms with Crippen LogP contribution in [0, 0.1) is 5.92 Å². The summed E-state index contributed by atoms with van der Waals surface area (Å²) in [6.07, 6.45) is 1.62. The fraction of sp³-hybridized carbons (Fsp3) is 0.889. The molecule has 1 heterocycles. The van der Waals surface area contributed by atoms with Crippen molar-refractivity contribution in [2.75, 3.05) is 24.7 Å². The van der Waals surface area contributed by atoms with Crippen molar-refractivity contribution in [2.24, 2.45) is 5.92 Å². The monoisotopic (exact) mass is 188 g/mol. The van der Waals surface area contributed by atoms with Gasteiger partial charge in [0.1, 0.15) is 5.78 Å². The number of carbonyl (C=O) groups excluding carboxylic acids is 1. The third-order valence-electron chi connectivity index (χ3n) is 2.08. The topological polar surface area (TPSA) is 26.3 Å². The Morgan fingerprint density at radius 2 is 2.50 bits per heavy atom. The molecule has 70 valence electrons. The van der Waals surface area contributed by atoms with Gasteiger partial charge in [-0.05, 0) is 17.9 Å². The van der Waals surface area contributed by atoms with Gasteiger partial charge in [0.2, 0.25) is 0 Å². The van der Waals surface area contributed by atoms with Crippen LogP contribution in [0.5, 0.6) is 0 Å². The first-order valence-electron chi connectivity index (χ1n) is 4.52. The lowest BCUT2D eigenvalue weighted by atomic mass is 9.98. The fourth-order valence-corrected chi connectivity index (χ4v) is 2.05. The molecule has 0 aliphatic carbocycles. The Morgan fingerprint density at radius 3 is 3.17 bits per heavy atom. The molecule has 0 aromatic heterocycles. The minimum Gasteiger partial charge on any atom is -0.380 e. The predicted molar refractivity (Wildman–Crippen MR) is 51.5 cm³/mol. The van der Waals surface area contributed by atoms with Crippen molar-refractivity contribution >= 4 is 17.5 Å². The second-order valence-electron chi connectivity index (χ2n) is 2.97. The first kappa shape index (κ1) is 10.1. The molecule has 0 aromatic carbocycles. The Balaban J connectivity index is 2.16. The van der Waals surface area contributed by atoms with Crippen LogP contribution in [-0.2, 0) is 9.53 Å². The molecule has 0 N–H and O–H groups in total. The summed E-state index contributed by atoms with van der Waals surface area (Å²) in [7, 11) is 0. The number of ether oxygens (including phenoxy) is 1. The van der Waals surface area contributed by atoms with Crippen molar-refractivity contribution in [1.29, 1.82) is 0 Å². The lowest BCUT2D eigenvalue weighted by Crippen LogP contribution is -2.27. The van der Waals surface area contributed by atoms with Gasteiger partial charge in [-0.1, -0.05) is 6.92 Å². The Hall–Kier alpha value is -0.0200. The summed E-state index contributed by atoms with van der Waals surface area (Å²) in [5.74, 6) is 2.83. The second kappa shape index (κ2) is 5.60. The standard InChI is InChI=1S/C9H16O2S/c1-2-12-6-4-8-7-11-5-3-9(8)10/h8H,2-7H2,1H3. The van der Waals surface area contributed by atoms with Crippen molar-refractivity contribution in [3.05, 3.63) is 0 Å². The highest BCUT2D eigenvalue weighted by atomic mass is 32.2. The van der Waals surface area contributed by atoms with Crippen LogP contribution in [0.1, 0.15) is 19.8 Å². The van der Waals surface area contributed by atoms with Gasteiger partial charge in [-0.2, -0.15) is 11.8 Å². The third-order valence-corrected chi connectivity index (χ3v) is 3.01. The van der Waals surface area contributed by atoms with Crippen LogP contribution in [-0.4, -0.2) is 30.5 Å². The highest BCUT2D eigenvalue weighted by Crippen LogP contribution is 2.16. The minimum absolute atomic E-state index is 0.192. The van der Waals surface area contributed by atoms with Crippen LogP contribution < -0.4 is 0 Å². The molecular weight excluding hydrogens is 172 g/mol. The van der Waals surface area contributed by atoms with Gasteiger partial charge in [0.15, 0.2) is 0 Å². The van der Waals surface area contributed by atoms with E-state index >= 15 is 0 Å². The minimum atomic E-state index is 0.192. The number of Topliss-reactive ketones (excluding diaryl/α,β-unsaturated/α-hetero) is 1. The quantitative estimate of drug-likeness (QED) is 0.629. The van der Waals surface area contributed by atoms with Crippen LogP contribution in [0.4, 0.5) is 0 Å². The largest absolute Gasteiger partial charge is 0.380 e. The van der Waals surface area contributed by atoms with Gasteiger partial charge in [-0.15, -0.1) is 0 Å². The van der Waals surface area contributed by atoms with Crippen molar-refractivity contribution in [1.82, 2.24) is 0 Å². The Bertz CT molecular complexity index is 147. The molecule has 0 saturated carbocycles. The fourth-order valence-electron chi connectivity index (χ4n) is 1.31. The summed E-state index contributed by atoms with van der Waals surface area (Å²) in [5, 5.41) is 0. The van der Waals surface area contributed by atoms with E-state index in [1.165, 1.54) is 0 Å². The van der Waals surface area contributed by atoms with E-state index in [2.05, 4.69) is 6.92 Å². The van der Waals surface area contributed by atoms with Gasteiger partial charge in [0.05, 0.1) is 13.2 Å². The summed E-state index contributed by atoms with van der Waals surface area (Å²) in [6, 6.07) is 0. The maximum Gasteiger partial charge on any atom is 0.140 e. The van der Waals surface area contributed by atoms with E-state index in [4.69, 9.17) is 4.74 Å². The van der Waals surface area contributed by atoms with Crippen LogP contribution in [0.2, 0.25) is 0 Å². The molecule has 3 heteroatoms. The van der Waals surface area contributed by atoms with Crippen LogP contribution in [0.25, 0.3) is 0 Å². The smallest absolute Gasteiger partial charge is 0.140 e. The van der Waals surface area contributed by atoms with Crippen LogP contribution >= 0.6 is 11.8 Å². The van der Waals surface area contributed by atoms with Gasteiger partial charge in [-0.25, -0.2) is 0 Å². The SMILES string of the molecule is CCSCCC1COCCC1=O. The maximum atomic E-state index is 11.3. The number of rotatable bonds is 4. The van der Waals surface area contributed by atoms with E-state index in [9.17, 15) is 4.79 Å². The Kier molecular flexibility index (Phi) is 4.69. The average Bonchev–Trinajstić information content (AvgIpc) is 2.09. The van der Waals surface area contributed by atoms with Gasteiger partial charge >= 0.3 is 0 Å². The molecule has 0 spiro atoms. The second-order valence-corrected chi connectivity index (χ2v) is 4.37. The normalized spacial score (nSPS) is 24.4. The van der Waals surface area contributed by atoms with Crippen molar-refractivity contribution < 1.29 is 9.53 Å². The molecule has 0 radical (unpaired) electrons. The molecule has 1 fully saturated rings. The zero-order valence-corrected chi connectivity index (χ0v) is 8.36. The summed E-state index contributed by atoms with van der Waals surface area (Å²) < 4.78 is 5.25. The van der Waals surface area contributed by atoms with E-state index in [0.29, 0.717) is 25.4 Å². The number of hydrogen-bond acceptors (Lipinski definition) is 3. The van der Waals surface area contributed by atoms with Crippen molar-refractivity contribution in [3.63, 3.8) is 0 Å². The Labute approximate surface area is 78.1 Å². The first-order chi connectivity index (χ1) is 5.84. The molecule has 1 atom stereocenters. The highest BCUT2D eigenvalue weighted by Gasteiger charge is 2.21. The predicted octanol–water partition coefficient (Wildman–Crippen LogP) is 1.74. The van der Waals surface area contributed by atoms with Crippen molar-refractivity contribution in [2.45, 2.75) is 19.8 Å². The third kappa shape index (κ3) is 3.15. The summed E-state index contributed by atoms with van der Waals surface area (Å²) in [4.78, 5) is 11.3. The molecule has 0 bridgehead atoms. The van der Waals surface area contributed by atoms with Crippen molar-refractivity contribution in [3.8, 4) is 0 Å². The molecule has 1 saturated heterocycles. The summed E-state index contributed by atoms with van der Waals surface area (Å²) in [6.45, 7) is 3.43. The average molecular weight is 188 g/mol. The molecular formula is C9H16O2S. The summed E-state index contributed by atoms with van der Waals surface area (Å²) >= 11 is 1.90. The van der Waals surface area contributed by atoms with E-state index in [0.717, 1.165) is 17.9 Å². The van der Waals surface area contributed by atoms with Gasteiger partial charge in [0.25, 0.3) is 0 Å². The highest BCUT2D eigenvalue weighted by molar-refractivity contribution is 7.99. The lowest BCUT2D eigenvalue weighted by Gasteiger charge is -2.20. The van der Waals surface area contributed by atoms with E-state index < -0.39 is 0 Å². The molecule has 1 aliphatic rings. The summed E-state index contributed by atoms with van der Waals surface area (Å²) in [5.41, 5.74) is 0. The molecule has 0 amide bonds. The number of hydrogen-bond donors (Lipinski definition) is 0. The lowest BCUT2D eigenvalue weighted by molar-refractivity contribution is -0.130. The molecule has 1 aliphatic heterocycles. The van der Waals surface area contributed by atoms with E-state index in [1.54, 1.807) is 0 Å². The van der Waals surface area contributed by atoms with Gasteiger partial charge in [-0.3, -0.25) is 4.79 Å². The van der Waals surface area contributed by atoms with Gasteiger partial charge in [0, 0.05) is 12.3 Å². The molecule has 12 heavy (non-hydrogen) atoms. The van der Waals surface area contributed by atoms with Gasteiger partial charge < -0.3 is 4.74 Å². The zero-order chi connectivity index (χ0) is 8.81. The van der Waals surface area contributed by atoms with E-state index in [-0.39, 0.29) is 5.92 Å². The van der Waals surface area contributed by atoms with Crippen LogP contribution in [0.3, 0.4) is 0 Å². The molecule has 0 aromatic rings. The zero-order valence-electron chi connectivity index (χ0n) is 7.54. The first-order valence-corrected chi connectivity index (χ1v) is 5.68. The Morgan fingerprint density at radius 1 is 1.67 bits per heavy atom. The number of thioether (sulfide) groups is 1. The maximum absolute atomic E-state index is 11.3. The molecule has 1 rings (SSSR count). The molecule has 1 unspecified atom stereocenters. The van der Waals surface area contributed by atoms with E-state index in [1.807, 2.05) is 11.8 Å². The number of carbonyl (C=O) groups is 1.